The first-order chi connectivity index (χ1) is 13.0. The Morgan fingerprint density at radius 1 is 1.22 bits per heavy atom. The Bertz CT molecular complexity index is 693. The fourth-order valence-electron chi connectivity index (χ4n) is 4.30. The van der Waals surface area contributed by atoms with Crippen molar-refractivity contribution in [2.24, 2.45) is 5.92 Å². The second-order valence-electron chi connectivity index (χ2n) is 7.25. The summed E-state index contributed by atoms with van der Waals surface area (Å²) in [5.74, 6) is -1.25. The number of carbonyl (C=O) groups is 3. The molecule has 2 N–H and O–H groups in total. The van der Waals surface area contributed by atoms with Crippen LogP contribution < -0.4 is 5.32 Å². The van der Waals surface area contributed by atoms with Gasteiger partial charge < -0.3 is 20.1 Å². The van der Waals surface area contributed by atoms with Gasteiger partial charge in [-0.15, -0.1) is 0 Å². The number of fused-ring (bicyclic) bond motifs is 1. The minimum atomic E-state index is -1.13. The van der Waals surface area contributed by atoms with Gasteiger partial charge in [-0.1, -0.05) is 31.0 Å². The molecule has 4 atom stereocenters. The minimum absolute atomic E-state index is 0.0694. The molecule has 3 rings (SSSR count). The molecule has 7 heteroatoms. The molecule has 1 aromatic rings. The van der Waals surface area contributed by atoms with Crippen molar-refractivity contribution in [2.45, 2.75) is 50.3 Å². The van der Waals surface area contributed by atoms with Crippen LogP contribution in [0.4, 0.5) is 0 Å². The second kappa shape index (κ2) is 8.52. The van der Waals surface area contributed by atoms with E-state index in [0.717, 1.165) is 25.7 Å². The van der Waals surface area contributed by atoms with Gasteiger partial charge in [-0.05, 0) is 37.3 Å². The molecule has 1 aliphatic carbocycles. The molecule has 1 saturated carbocycles. The van der Waals surface area contributed by atoms with Gasteiger partial charge in [0.1, 0.15) is 6.04 Å². The standard InChI is InChI=1S/C20H26N2O5/c1-27-17(20(25)26)12-21-18(23)16-11-14-9-5-6-10-15(14)22(16)19(24)13-7-3-2-4-8-13/h2-4,7-8,14-17H,5-6,9-12H2,1H3,(H,21,23)(H,25,26). The number of likely N-dealkylation sites (tertiary alicyclic amines) is 1. The summed E-state index contributed by atoms with van der Waals surface area (Å²) in [5.41, 5.74) is 0.571. The number of rotatable bonds is 6. The van der Waals surface area contributed by atoms with Gasteiger partial charge in [0.2, 0.25) is 5.91 Å². The van der Waals surface area contributed by atoms with Gasteiger partial charge in [-0.2, -0.15) is 0 Å². The van der Waals surface area contributed by atoms with E-state index in [4.69, 9.17) is 9.84 Å². The molecule has 146 valence electrons. The van der Waals surface area contributed by atoms with E-state index in [0.29, 0.717) is 17.9 Å². The molecular formula is C20H26N2O5. The van der Waals surface area contributed by atoms with E-state index in [9.17, 15) is 14.4 Å². The first-order valence-corrected chi connectivity index (χ1v) is 9.44. The summed E-state index contributed by atoms with van der Waals surface area (Å²) in [6, 6.07) is 8.50. The molecule has 0 radical (unpaired) electrons. The van der Waals surface area contributed by atoms with Crippen LogP contribution in [0.3, 0.4) is 0 Å². The van der Waals surface area contributed by atoms with Crippen LogP contribution in [0, 0.1) is 5.92 Å². The molecule has 2 fully saturated rings. The SMILES string of the molecule is COC(CNC(=O)C1CC2CCCCC2N1C(=O)c1ccccc1)C(=O)O. The van der Waals surface area contributed by atoms with Crippen molar-refractivity contribution in [3.63, 3.8) is 0 Å². The minimum Gasteiger partial charge on any atom is -0.479 e. The summed E-state index contributed by atoms with van der Waals surface area (Å²) in [4.78, 5) is 38.8. The van der Waals surface area contributed by atoms with Gasteiger partial charge in [0, 0.05) is 18.7 Å². The van der Waals surface area contributed by atoms with Crippen LogP contribution in [0.2, 0.25) is 0 Å². The van der Waals surface area contributed by atoms with E-state index in [-0.39, 0.29) is 24.4 Å². The third kappa shape index (κ3) is 4.13. The van der Waals surface area contributed by atoms with E-state index >= 15 is 0 Å². The predicted molar refractivity (Wildman–Crippen MR) is 98.2 cm³/mol. The summed E-state index contributed by atoms with van der Waals surface area (Å²) in [6.07, 6.45) is 3.62. The van der Waals surface area contributed by atoms with Crippen LogP contribution in [0.5, 0.6) is 0 Å². The fraction of sp³-hybridized carbons (Fsp3) is 0.550. The summed E-state index contributed by atoms with van der Waals surface area (Å²) < 4.78 is 4.87. The van der Waals surface area contributed by atoms with Crippen LogP contribution in [0.25, 0.3) is 0 Å². The molecule has 7 nitrogen and oxygen atoms in total. The third-order valence-electron chi connectivity index (χ3n) is 5.67. The lowest BCUT2D eigenvalue weighted by molar-refractivity contribution is -0.148. The van der Waals surface area contributed by atoms with Crippen molar-refractivity contribution in [1.29, 1.82) is 0 Å². The van der Waals surface area contributed by atoms with Crippen LogP contribution in [0.1, 0.15) is 42.5 Å². The number of nitrogens with zero attached hydrogens (tertiary/aromatic N) is 1. The molecule has 0 bridgehead atoms. The number of carboxylic acids is 1. The topological polar surface area (TPSA) is 95.9 Å². The lowest BCUT2D eigenvalue weighted by Crippen LogP contribution is -2.51. The number of amides is 2. The quantitative estimate of drug-likeness (QED) is 0.790. The smallest absolute Gasteiger partial charge is 0.334 e. The summed E-state index contributed by atoms with van der Waals surface area (Å²) >= 11 is 0. The molecule has 1 heterocycles. The first-order valence-electron chi connectivity index (χ1n) is 9.44. The fourth-order valence-corrected chi connectivity index (χ4v) is 4.30. The van der Waals surface area contributed by atoms with Crippen molar-refractivity contribution in [2.75, 3.05) is 13.7 Å². The number of benzene rings is 1. The molecule has 1 saturated heterocycles. The van der Waals surface area contributed by atoms with Crippen LogP contribution in [-0.2, 0) is 14.3 Å². The summed E-state index contributed by atoms with van der Waals surface area (Å²) in [6.45, 7) is -0.121. The van der Waals surface area contributed by atoms with E-state index in [2.05, 4.69) is 5.32 Å². The van der Waals surface area contributed by atoms with E-state index in [1.807, 2.05) is 18.2 Å². The normalized spacial score (nSPS) is 25.5. The van der Waals surface area contributed by atoms with E-state index in [1.54, 1.807) is 17.0 Å². The molecule has 0 aromatic heterocycles. The molecular weight excluding hydrogens is 348 g/mol. The Kier molecular flexibility index (Phi) is 6.11. The first kappa shape index (κ1) is 19.4. The number of nitrogens with one attached hydrogen (secondary N) is 1. The molecule has 1 aliphatic heterocycles. The Labute approximate surface area is 158 Å². The van der Waals surface area contributed by atoms with Gasteiger partial charge >= 0.3 is 5.97 Å². The molecule has 27 heavy (non-hydrogen) atoms. The third-order valence-corrected chi connectivity index (χ3v) is 5.67. The number of carbonyl (C=O) groups excluding carboxylic acids is 2. The molecule has 2 aliphatic rings. The van der Waals surface area contributed by atoms with E-state index < -0.39 is 18.1 Å². The number of ether oxygens (including phenoxy) is 1. The number of aliphatic carboxylic acids is 1. The van der Waals surface area contributed by atoms with Gasteiger partial charge in [0.25, 0.3) is 5.91 Å². The number of methoxy groups -OCH3 is 1. The van der Waals surface area contributed by atoms with Crippen molar-refractivity contribution in [3.8, 4) is 0 Å². The average Bonchev–Trinajstić information content (AvgIpc) is 3.07. The number of hydrogen-bond acceptors (Lipinski definition) is 4. The molecule has 1 aromatic carbocycles. The zero-order valence-electron chi connectivity index (χ0n) is 15.5. The molecule has 0 spiro atoms. The zero-order chi connectivity index (χ0) is 19.4. The van der Waals surface area contributed by atoms with Crippen molar-refractivity contribution >= 4 is 17.8 Å². The summed E-state index contributed by atoms with van der Waals surface area (Å²) in [5, 5.41) is 11.7. The highest BCUT2D eigenvalue weighted by molar-refractivity contribution is 5.98. The second-order valence-corrected chi connectivity index (χ2v) is 7.25. The highest BCUT2D eigenvalue weighted by Crippen LogP contribution is 2.40. The lowest BCUT2D eigenvalue weighted by Gasteiger charge is -2.33. The van der Waals surface area contributed by atoms with Crippen LogP contribution in [0.15, 0.2) is 30.3 Å². The number of hydrogen-bond donors (Lipinski definition) is 2. The summed E-state index contributed by atoms with van der Waals surface area (Å²) in [7, 11) is 1.29. The van der Waals surface area contributed by atoms with Crippen LogP contribution >= 0.6 is 0 Å². The zero-order valence-corrected chi connectivity index (χ0v) is 15.5. The largest absolute Gasteiger partial charge is 0.479 e. The van der Waals surface area contributed by atoms with Crippen molar-refractivity contribution < 1.29 is 24.2 Å². The lowest BCUT2D eigenvalue weighted by atomic mass is 9.84. The van der Waals surface area contributed by atoms with Gasteiger partial charge in [-0.25, -0.2) is 4.79 Å². The van der Waals surface area contributed by atoms with Gasteiger partial charge in [0.05, 0.1) is 6.54 Å². The number of carboxylic acid groups (broad SMARTS) is 1. The Balaban J connectivity index is 1.78. The van der Waals surface area contributed by atoms with Gasteiger partial charge in [0.15, 0.2) is 6.10 Å². The highest BCUT2D eigenvalue weighted by atomic mass is 16.5. The molecule has 2 amide bonds. The van der Waals surface area contributed by atoms with Crippen molar-refractivity contribution in [1.82, 2.24) is 10.2 Å². The monoisotopic (exact) mass is 374 g/mol. The maximum Gasteiger partial charge on any atom is 0.334 e. The average molecular weight is 374 g/mol. The maximum absolute atomic E-state index is 13.1. The Morgan fingerprint density at radius 2 is 1.93 bits per heavy atom. The van der Waals surface area contributed by atoms with E-state index in [1.165, 1.54) is 7.11 Å². The molecule has 4 unspecified atom stereocenters. The maximum atomic E-state index is 13.1. The van der Waals surface area contributed by atoms with Gasteiger partial charge in [-0.3, -0.25) is 9.59 Å². The highest BCUT2D eigenvalue weighted by Gasteiger charge is 2.47. The predicted octanol–water partition coefficient (Wildman–Crippen LogP) is 1.68. The Hall–Kier alpha value is -2.41. The Morgan fingerprint density at radius 3 is 2.59 bits per heavy atom. The van der Waals surface area contributed by atoms with Crippen LogP contribution in [-0.4, -0.2) is 59.6 Å². The van der Waals surface area contributed by atoms with Crippen molar-refractivity contribution in [3.05, 3.63) is 35.9 Å².